The SMILES string of the molecule is CCCCCCCC(=O)SCC/C=C/C1CC(=O)NCc2nc(co2)/C(=N/C)OCCC(=O)N[C@@H](C(C)C)C(=O)O1. The summed E-state index contributed by atoms with van der Waals surface area (Å²) >= 11 is 1.29. The molecule has 1 aromatic rings. The number of ether oxygens (including phenoxy) is 2. The van der Waals surface area contributed by atoms with Crippen LogP contribution in [0, 0.1) is 5.92 Å². The van der Waals surface area contributed by atoms with Gasteiger partial charge in [0, 0.05) is 19.2 Å². The second kappa shape index (κ2) is 19.1. The first-order valence-corrected chi connectivity index (χ1v) is 15.3. The van der Waals surface area contributed by atoms with Crippen molar-refractivity contribution in [2.75, 3.05) is 19.4 Å². The first-order valence-electron chi connectivity index (χ1n) is 14.4. The summed E-state index contributed by atoms with van der Waals surface area (Å²) in [6.07, 6.45) is 10.5. The summed E-state index contributed by atoms with van der Waals surface area (Å²) in [5, 5.41) is 5.60. The summed E-state index contributed by atoms with van der Waals surface area (Å²) in [6.45, 7) is 5.79. The molecule has 1 aliphatic rings. The Kier molecular flexibility index (Phi) is 15.8. The molecule has 0 radical (unpaired) electrons. The second-order valence-corrected chi connectivity index (χ2v) is 11.3. The monoisotopic (exact) mass is 592 g/mol. The van der Waals surface area contributed by atoms with E-state index in [1.807, 2.05) is 6.08 Å². The van der Waals surface area contributed by atoms with Crippen LogP contribution in [-0.2, 0) is 35.2 Å². The number of nitrogens with one attached hydrogen (secondary N) is 2. The zero-order valence-electron chi connectivity index (χ0n) is 24.6. The molecule has 0 fully saturated rings. The number of nitrogens with zero attached hydrogens (tertiary/aromatic N) is 2. The van der Waals surface area contributed by atoms with Gasteiger partial charge in [0.15, 0.2) is 10.8 Å². The minimum atomic E-state index is -0.903. The van der Waals surface area contributed by atoms with E-state index in [9.17, 15) is 19.2 Å². The van der Waals surface area contributed by atoms with Crippen LogP contribution >= 0.6 is 11.8 Å². The summed E-state index contributed by atoms with van der Waals surface area (Å²) < 4.78 is 16.7. The van der Waals surface area contributed by atoms with Crippen LogP contribution < -0.4 is 10.6 Å². The van der Waals surface area contributed by atoms with E-state index < -0.39 is 24.0 Å². The maximum atomic E-state index is 13.1. The molecule has 11 nitrogen and oxygen atoms in total. The van der Waals surface area contributed by atoms with Gasteiger partial charge < -0.3 is 24.5 Å². The van der Waals surface area contributed by atoms with Gasteiger partial charge in [0.25, 0.3) is 0 Å². The Balaban J connectivity index is 2.04. The number of rotatable bonds is 11. The van der Waals surface area contributed by atoms with Crippen LogP contribution in [-0.4, -0.2) is 65.3 Å². The molecule has 2 atom stereocenters. The van der Waals surface area contributed by atoms with Gasteiger partial charge in [-0.1, -0.05) is 64.3 Å². The van der Waals surface area contributed by atoms with Crippen LogP contribution in [0.15, 0.2) is 27.8 Å². The van der Waals surface area contributed by atoms with Crippen LogP contribution in [0.3, 0.4) is 0 Å². The number of fused-ring (bicyclic) bond motifs is 2. The number of unbranched alkanes of at least 4 members (excludes halogenated alkanes) is 4. The zero-order valence-corrected chi connectivity index (χ0v) is 25.4. The number of allylic oxidation sites excluding steroid dienone is 1. The minimum absolute atomic E-state index is 0.0152. The summed E-state index contributed by atoms with van der Waals surface area (Å²) in [5.74, 6) is -0.622. The van der Waals surface area contributed by atoms with Crippen molar-refractivity contribution in [3.05, 3.63) is 30.0 Å². The molecular weight excluding hydrogens is 548 g/mol. The van der Waals surface area contributed by atoms with Crippen molar-refractivity contribution < 1.29 is 33.1 Å². The lowest BCUT2D eigenvalue weighted by atomic mass is 10.0. The highest BCUT2D eigenvalue weighted by molar-refractivity contribution is 8.13. The zero-order chi connectivity index (χ0) is 30.0. The van der Waals surface area contributed by atoms with Gasteiger partial charge in [-0.25, -0.2) is 9.78 Å². The number of aromatic nitrogens is 1. The van der Waals surface area contributed by atoms with E-state index in [0.29, 0.717) is 24.3 Å². The van der Waals surface area contributed by atoms with Crippen LogP contribution in [0.4, 0.5) is 0 Å². The molecule has 228 valence electrons. The summed E-state index contributed by atoms with van der Waals surface area (Å²) in [7, 11) is 1.53. The van der Waals surface area contributed by atoms with Crippen molar-refractivity contribution in [3.63, 3.8) is 0 Å². The Morgan fingerprint density at radius 1 is 1.20 bits per heavy atom. The number of thioether (sulfide) groups is 1. The number of aliphatic imine (C=N–C) groups is 1. The summed E-state index contributed by atoms with van der Waals surface area (Å²) in [6, 6.07) is -0.903. The smallest absolute Gasteiger partial charge is 0.329 e. The number of cyclic esters (lactones) is 1. The largest absolute Gasteiger partial charge is 0.476 e. The Hall–Kier alpha value is -3.15. The van der Waals surface area contributed by atoms with E-state index in [1.54, 1.807) is 19.9 Å². The maximum absolute atomic E-state index is 13.1. The molecule has 41 heavy (non-hydrogen) atoms. The van der Waals surface area contributed by atoms with Gasteiger partial charge in [0.05, 0.1) is 26.0 Å². The first-order chi connectivity index (χ1) is 19.7. The van der Waals surface area contributed by atoms with Crippen molar-refractivity contribution in [1.29, 1.82) is 0 Å². The molecule has 0 spiro atoms. The highest BCUT2D eigenvalue weighted by atomic mass is 32.2. The van der Waals surface area contributed by atoms with Gasteiger partial charge in [-0.15, -0.1) is 0 Å². The fraction of sp³-hybridized carbons (Fsp3) is 0.655. The number of oxazole rings is 1. The summed E-state index contributed by atoms with van der Waals surface area (Å²) in [4.78, 5) is 58.8. The molecule has 12 heteroatoms. The van der Waals surface area contributed by atoms with Crippen LogP contribution in [0.2, 0.25) is 0 Å². The van der Waals surface area contributed by atoms with Crippen molar-refractivity contribution in [3.8, 4) is 0 Å². The lowest BCUT2D eigenvalue weighted by Crippen LogP contribution is -2.46. The number of hydrogen-bond acceptors (Lipinski definition) is 10. The molecule has 2 rings (SSSR count). The fourth-order valence-electron chi connectivity index (χ4n) is 3.96. The van der Waals surface area contributed by atoms with Crippen molar-refractivity contribution >= 4 is 40.6 Å². The Morgan fingerprint density at radius 2 is 1.98 bits per heavy atom. The molecule has 0 saturated carbocycles. The number of amides is 2. The quantitative estimate of drug-likeness (QED) is 0.220. The van der Waals surface area contributed by atoms with Crippen LogP contribution in [0.25, 0.3) is 0 Å². The molecule has 2 amide bonds. The van der Waals surface area contributed by atoms with E-state index in [4.69, 9.17) is 13.9 Å². The number of carbonyl (C=O) groups is 4. The predicted molar refractivity (Wildman–Crippen MR) is 157 cm³/mol. The van der Waals surface area contributed by atoms with Gasteiger partial charge >= 0.3 is 5.97 Å². The van der Waals surface area contributed by atoms with Gasteiger partial charge in [-0.3, -0.25) is 19.4 Å². The average molecular weight is 593 g/mol. The molecule has 2 N–H and O–H groups in total. The van der Waals surface area contributed by atoms with E-state index >= 15 is 0 Å². The highest BCUT2D eigenvalue weighted by Crippen LogP contribution is 2.15. The third-order valence-corrected chi connectivity index (χ3v) is 7.22. The Morgan fingerprint density at radius 3 is 2.71 bits per heavy atom. The number of esters is 1. The molecule has 1 aromatic heterocycles. The lowest BCUT2D eigenvalue weighted by Gasteiger charge is -2.23. The molecule has 0 aromatic carbocycles. The normalized spacial score (nSPS) is 20.4. The van der Waals surface area contributed by atoms with Crippen molar-refractivity contribution in [1.82, 2.24) is 15.6 Å². The highest BCUT2D eigenvalue weighted by Gasteiger charge is 2.28. The topological polar surface area (TPSA) is 149 Å². The molecular formula is C29H44N4O7S. The number of hydrogen-bond donors (Lipinski definition) is 2. The predicted octanol–water partition coefficient (Wildman–Crippen LogP) is 4.10. The molecule has 1 aliphatic heterocycles. The molecule has 0 aliphatic carbocycles. The van der Waals surface area contributed by atoms with Gasteiger partial charge in [0.2, 0.25) is 23.6 Å². The molecule has 2 bridgehead atoms. The standard InChI is InChI=1S/C29H44N4O7S/c1-5-6-7-8-9-13-26(36)41-16-11-10-12-21-17-24(35)31-18-25-32-22(19-39-25)28(30-4)38-15-14-23(34)33-27(20(2)3)29(37)40-21/h10,12,19-21,27H,5-9,11,13-18H2,1-4H3,(H,31,35)(H,33,34)/b12-10+,30-28-/t21?,27-/m0/s1. The van der Waals surface area contributed by atoms with E-state index in [0.717, 1.165) is 19.3 Å². The minimum Gasteiger partial charge on any atom is -0.476 e. The van der Waals surface area contributed by atoms with Crippen LogP contribution in [0.1, 0.15) is 90.1 Å². The Bertz CT molecular complexity index is 1050. The van der Waals surface area contributed by atoms with Crippen molar-refractivity contribution in [2.24, 2.45) is 10.9 Å². The second-order valence-electron chi connectivity index (χ2n) is 10.1. The number of carbonyl (C=O) groups excluding carboxylic acids is 4. The molecule has 2 heterocycles. The molecule has 0 saturated heterocycles. The van der Waals surface area contributed by atoms with E-state index in [1.165, 1.54) is 37.9 Å². The Labute approximate surface area is 246 Å². The van der Waals surface area contributed by atoms with E-state index in [2.05, 4.69) is 27.5 Å². The van der Waals surface area contributed by atoms with Gasteiger partial charge in [-0.2, -0.15) is 0 Å². The molecule has 1 unspecified atom stereocenters. The first kappa shape index (κ1) is 34.1. The third kappa shape index (κ3) is 13.4. The van der Waals surface area contributed by atoms with Gasteiger partial charge in [0.1, 0.15) is 18.4 Å². The van der Waals surface area contributed by atoms with Crippen molar-refractivity contribution in [2.45, 2.75) is 97.2 Å². The van der Waals surface area contributed by atoms with E-state index in [-0.39, 0.29) is 54.7 Å². The fourth-order valence-corrected chi connectivity index (χ4v) is 4.73. The maximum Gasteiger partial charge on any atom is 0.329 e. The lowest BCUT2D eigenvalue weighted by molar-refractivity contribution is -0.153. The summed E-state index contributed by atoms with van der Waals surface area (Å²) in [5.41, 5.74) is 0.341. The third-order valence-electron chi connectivity index (χ3n) is 6.25. The van der Waals surface area contributed by atoms with Gasteiger partial charge in [-0.05, 0) is 24.8 Å². The van der Waals surface area contributed by atoms with Crippen LogP contribution in [0.5, 0.6) is 0 Å². The average Bonchev–Trinajstić information content (AvgIpc) is 3.40.